The Labute approximate surface area is 185 Å². The van der Waals surface area contributed by atoms with Crippen LogP contribution >= 0.6 is 0 Å². The fraction of sp³-hybridized carbons (Fsp3) is 0.296. The Morgan fingerprint density at radius 3 is 1.44 bits per heavy atom. The number of pyridine rings is 3. The largest absolute Gasteiger partial charge is 0.307 e. The highest BCUT2D eigenvalue weighted by Gasteiger charge is 2.17. The summed E-state index contributed by atoms with van der Waals surface area (Å²) in [4.78, 5) is 31.5. The molecule has 0 aliphatic rings. The summed E-state index contributed by atoms with van der Waals surface area (Å²) in [5, 5.41) is 3.65. The first-order chi connectivity index (χ1) is 15.5. The molecule has 5 aromatic rings. The Morgan fingerprint density at radius 1 is 0.625 bits per heavy atom. The van der Waals surface area contributed by atoms with Crippen LogP contribution in [0.1, 0.15) is 38.8 Å². The van der Waals surface area contributed by atoms with Crippen LogP contribution in [0.4, 0.5) is 0 Å². The molecule has 0 bridgehead atoms. The standard InChI is InChI=1S/C27H27N3O2/c1-5-16-9-11-22-18(13-16)20-15-21-19-14-17(6-2)10-12-23(19)30(8-4)27(32)25(21)28-24(20)26(31)29(22)7-3/h9-15H,5-8H2,1-4H3. The van der Waals surface area contributed by atoms with Crippen molar-refractivity contribution in [1.82, 2.24) is 14.1 Å². The third-order valence-corrected chi connectivity index (χ3v) is 6.65. The van der Waals surface area contributed by atoms with Crippen molar-refractivity contribution in [2.24, 2.45) is 0 Å². The molecule has 5 rings (SSSR count). The topological polar surface area (TPSA) is 56.9 Å². The van der Waals surface area contributed by atoms with Crippen LogP contribution in [-0.4, -0.2) is 14.1 Å². The Morgan fingerprint density at radius 2 is 1.06 bits per heavy atom. The van der Waals surface area contributed by atoms with Gasteiger partial charge in [0.05, 0.1) is 11.0 Å². The number of fused-ring (bicyclic) bond motifs is 6. The van der Waals surface area contributed by atoms with Crippen molar-refractivity contribution in [2.75, 3.05) is 0 Å². The van der Waals surface area contributed by atoms with E-state index in [1.54, 1.807) is 9.13 Å². The normalized spacial score (nSPS) is 11.9. The van der Waals surface area contributed by atoms with Gasteiger partial charge in [-0.25, -0.2) is 4.98 Å². The van der Waals surface area contributed by atoms with Gasteiger partial charge in [0.15, 0.2) is 0 Å². The van der Waals surface area contributed by atoms with Gasteiger partial charge in [-0.05, 0) is 68.1 Å². The molecule has 5 nitrogen and oxygen atoms in total. The van der Waals surface area contributed by atoms with Gasteiger partial charge in [0.1, 0.15) is 11.0 Å². The zero-order chi connectivity index (χ0) is 22.6. The van der Waals surface area contributed by atoms with Gasteiger partial charge < -0.3 is 9.13 Å². The summed E-state index contributed by atoms with van der Waals surface area (Å²) in [5.74, 6) is 0. The van der Waals surface area contributed by atoms with Crippen molar-refractivity contribution in [3.63, 3.8) is 0 Å². The molecular weight excluding hydrogens is 398 g/mol. The van der Waals surface area contributed by atoms with E-state index in [2.05, 4.69) is 38.1 Å². The summed E-state index contributed by atoms with van der Waals surface area (Å²) in [5.41, 5.74) is 4.67. The molecule has 32 heavy (non-hydrogen) atoms. The van der Waals surface area contributed by atoms with Gasteiger partial charge in [-0.3, -0.25) is 9.59 Å². The second kappa shape index (κ2) is 7.59. The number of aromatic nitrogens is 3. The minimum atomic E-state index is -0.147. The molecule has 0 N–H and O–H groups in total. The molecule has 0 fully saturated rings. The number of benzene rings is 2. The van der Waals surface area contributed by atoms with Crippen LogP contribution in [0, 0.1) is 0 Å². The molecule has 5 heteroatoms. The molecule has 0 saturated heterocycles. The Bertz CT molecular complexity index is 1540. The van der Waals surface area contributed by atoms with Gasteiger partial charge >= 0.3 is 0 Å². The van der Waals surface area contributed by atoms with Gasteiger partial charge in [-0.15, -0.1) is 0 Å². The molecule has 0 saturated carbocycles. The quantitative estimate of drug-likeness (QED) is 0.294. The molecule has 2 aromatic carbocycles. The van der Waals surface area contributed by atoms with E-state index in [4.69, 9.17) is 4.98 Å². The third-order valence-electron chi connectivity index (χ3n) is 6.65. The van der Waals surface area contributed by atoms with Crippen LogP contribution in [0.5, 0.6) is 0 Å². The second-order valence-electron chi connectivity index (χ2n) is 8.29. The van der Waals surface area contributed by atoms with Crippen LogP contribution in [0.3, 0.4) is 0 Å². The van der Waals surface area contributed by atoms with Crippen molar-refractivity contribution in [2.45, 2.75) is 53.6 Å². The summed E-state index contributed by atoms with van der Waals surface area (Å²) < 4.78 is 3.51. The zero-order valence-electron chi connectivity index (χ0n) is 19.0. The van der Waals surface area contributed by atoms with E-state index in [0.29, 0.717) is 24.1 Å². The van der Waals surface area contributed by atoms with Crippen molar-refractivity contribution in [1.29, 1.82) is 0 Å². The van der Waals surface area contributed by atoms with E-state index in [9.17, 15) is 9.59 Å². The highest BCUT2D eigenvalue weighted by Crippen LogP contribution is 2.30. The summed E-state index contributed by atoms with van der Waals surface area (Å²) in [6, 6.07) is 14.6. The van der Waals surface area contributed by atoms with Crippen molar-refractivity contribution >= 4 is 43.6 Å². The SMILES string of the molecule is CCc1ccc2c(c1)c1cc3c(nc1c(=O)n2CC)c(=O)n(CC)c1ccc(CC)cc31. The number of aryl methyl sites for hydroxylation is 4. The first-order valence-electron chi connectivity index (χ1n) is 11.5. The summed E-state index contributed by atoms with van der Waals surface area (Å²) >= 11 is 0. The summed E-state index contributed by atoms with van der Waals surface area (Å²) in [7, 11) is 0. The van der Waals surface area contributed by atoms with Crippen LogP contribution in [0.25, 0.3) is 43.6 Å². The molecule has 0 amide bonds. The van der Waals surface area contributed by atoms with Crippen molar-refractivity contribution in [3.8, 4) is 0 Å². The van der Waals surface area contributed by atoms with Gasteiger partial charge in [-0.2, -0.15) is 0 Å². The minimum Gasteiger partial charge on any atom is -0.307 e. The van der Waals surface area contributed by atoms with Crippen LogP contribution in [-0.2, 0) is 25.9 Å². The summed E-state index contributed by atoms with van der Waals surface area (Å²) in [6.45, 7) is 9.27. The molecule has 0 radical (unpaired) electrons. The van der Waals surface area contributed by atoms with E-state index in [1.807, 2.05) is 32.0 Å². The Hall–Kier alpha value is -3.47. The average Bonchev–Trinajstić information content (AvgIpc) is 2.83. The highest BCUT2D eigenvalue weighted by molar-refractivity contribution is 6.13. The Balaban J connectivity index is 2.08. The number of hydrogen-bond acceptors (Lipinski definition) is 3. The lowest BCUT2D eigenvalue weighted by Crippen LogP contribution is -2.24. The number of nitrogens with zero attached hydrogens (tertiary/aromatic N) is 3. The number of rotatable bonds is 4. The highest BCUT2D eigenvalue weighted by atomic mass is 16.1. The van der Waals surface area contributed by atoms with E-state index < -0.39 is 0 Å². The smallest absolute Gasteiger partial charge is 0.277 e. The van der Waals surface area contributed by atoms with E-state index in [0.717, 1.165) is 45.4 Å². The van der Waals surface area contributed by atoms with Crippen molar-refractivity contribution in [3.05, 3.63) is 74.3 Å². The van der Waals surface area contributed by atoms with Gasteiger partial charge in [0, 0.05) is 34.6 Å². The van der Waals surface area contributed by atoms with Gasteiger partial charge in [0.2, 0.25) is 0 Å². The second-order valence-corrected chi connectivity index (χ2v) is 8.29. The third kappa shape index (κ3) is 2.80. The van der Waals surface area contributed by atoms with Gasteiger partial charge in [0.25, 0.3) is 11.1 Å². The van der Waals surface area contributed by atoms with Crippen molar-refractivity contribution < 1.29 is 0 Å². The van der Waals surface area contributed by atoms with E-state index >= 15 is 0 Å². The first-order valence-corrected chi connectivity index (χ1v) is 11.5. The van der Waals surface area contributed by atoms with E-state index in [1.165, 1.54) is 11.1 Å². The first kappa shape index (κ1) is 20.4. The van der Waals surface area contributed by atoms with E-state index in [-0.39, 0.29) is 11.1 Å². The Kier molecular flexibility index (Phi) is 4.85. The molecule has 3 aromatic heterocycles. The molecule has 0 aliphatic heterocycles. The predicted molar refractivity (Wildman–Crippen MR) is 133 cm³/mol. The predicted octanol–water partition coefficient (Wildman–Crippen LogP) is 5.18. The molecule has 0 unspecified atom stereocenters. The lowest BCUT2D eigenvalue weighted by atomic mass is 10.0. The molecule has 3 heterocycles. The molecule has 162 valence electrons. The molecule has 0 aliphatic carbocycles. The maximum absolute atomic E-state index is 13.4. The lowest BCUT2D eigenvalue weighted by molar-refractivity contribution is 0.761. The maximum Gasteiger partial charge on any atom is 0.277 e. The number of hydrogen-bond donors (Lipinski definition) is 0. The maximum atomic E-state index is 13.4. The average molecular weight is 426 g/mol. The molecule has 0 atom stereocenters. The fourth-order valence-corrected chi connectivity index (χ4v) is 4.86. The van der Waals surface area contributed by atoms with Crippen LogP contribution in [0.2, 0.25) is 0 Å². The summed E-state index contributed by atoms with van der Waals surface area (Å²) in [6.07, 6.45) is 1.82. The monoisotopic (exact) mass is 425 g/mol. The lowest BCUT2D eigenvalue weighted by Gasteiger charge is -2.15. The fourth-order valence-electron chi connectivity index (χ4n) is 4.86. The van der Waals surface area contributed by atoms with Gasteiger partial charge in [-0.1, -0.05) is 26.0 Å². The zero-order valence-corrected chi connectivity index (χ0v) is 19.0. The minimum absolute atomic E-state index is 0.147. The molecular formula is C27H27N3O2. The molecule has 0 spiro atoms. The van der Waals surface area contributed by atoms with Crippen LogP contribution in [0.15, 0.2) is 52.1 Å². The van der Waals surface area contributed by atoms with Crippen LogP contribution < -0.4 is 11.1 Å².